The van der Waals surface area contributed by atoms with Gasteiger partial charge in [0.05, 0.1) is 11.7 Å². The van der Waals surface area contributed by atoms with Gasteiger partial charge in [0.1, 0.15) is 0 Å². The monoisotopic (exact) mass is 303 g/mol. The van der Waals surface area contributed by atoms with Crippen molar-refractivity contribution in [3.8, 4) is 0 Å². The lowest BCUT2D eigenvalue weighted by molar-refractivity contribution is -0.0494. The Kier molecular flexibility index (Phi) is 4.90. The summed E-state index contributed by atoms with van der Waals surface area (Å²) >= 11 is 3.54. The van der Waals surface area contributed by atoms with Crippen molar-refractivity contribution in [1.82, 2.24) is 4.90 Å². The molecule has 2 fully saturated rings. The molecule has 3 heteroatoms. The van der Waals surface area contributed by atoms with E-state index in [1.807, 2.05) is 0 Å². The maximum Gasteiger partial charge on any atom is 0.0710 e. The fourth-order valence-electron chi connectivity index (χ4n) is 3.34. The summed E-state index contributed by atoms with van der Waals surface area (Å²) < 4.78 is 6.38. The molecule has 1 saturated carbocycles. The second-order valence-electron chi connectivity index (χ2n) is 5.95. The SMILES string of the molecule is CC(C)N(CCBr)CC1CCC2(CCCC2)O1. The van der Waals surface area contributed by atoms with Crippen molar-refractivity contribution in [3.63, 3.8) is 0 Å². The average Bonchev–Trinajstić information content (AvgIpc) is 2.89. The molecular weight excluding hydrogens is 278 g/mol. The number of halogens is 1. The number of nitrogens with zero attached hydrogens (tertiary/aromatic N) is 1. The fraction of sp³-hybridized carbons (Fsp3) is 1.00. The highest BCUT2D eigenvalue weighted by Crippen LogP contribution is 2.43. The van der Waals surface area contributed by atoms with E-state index in [1.54, 1.807) is 0 Å². The Balaban J connectivity index is 1.83. The van der Waals surface area contributed by atoms with Gasteiger partial charge in [-0.2, -0.15) is 0 Å². The zero-order valence-electron chi connectivity index (χ0n) is 11.3. The number of rotatable bonds is 5. The Morgan fingerprint density at radius 3 is 2.59 bits per heavy atom. The van der Waals surface area contributed by atoms with Crippen LogP contribution < -0.4 is 0 Å². The predicted molar refractivity (Wildman–Crippen MR) is 75.8 cm³/mol. The zero-order valence-corrected chi connectivity index (χ0v) is 12.8. The lowest BCUT2D eigenvalue weighted by atomic mass is 9.98. The summed E-state index contributed by atoms with van der Waals surface area (Å²) in [5, 5.41) is 1.06. The highest BCUT2D eigenvalue weighted by Gasteiger charge is 2.42. The standard InChI is InChI=1S/C14H26BrNO/c1-12(2)16(10-9-15)11-13-5-8-14(17-13)6-3-4-7-14/h12-13H,3-11H2,1-2H3. The summed E-state index contributed by atoms with van der Waals surface area (Å²) in [6, 6.07) is 0.622. The van der Waals surface area contributed by atoms with Gasteiger partial charge in [0, 0.05) is 24.5 Å². The average molecular weight is 304 g/mol. The molecule has 0 N–H and O–H groups in total. The third-order valence-electron chi connectivity index (χ3n) is 4.39. The van der Waals surface area contributed by atoms with E-state index < -0.39 is 0 Å². The maximum absolute atomic E-state index is 6.38. The van der Waals surface area contributed by atoms with Crippen LogP contribution in [0, 0.1) is 0 Å². The zero-order chi connectivity index (χ0) is 12.3. The Morgan fingerprint density at radius 1 is 1.29 bits per heavy atom. The Bertz CT molecular complexity index is 238. The van der Waals surface area contributed by atoms with Gasteiger partial charge in [0.15, 0.2) is 0 Å². The van der Waals surface area contributed by atoms with Crippen LogP contribution in [-0.2, 0) is 4.74 Å². The second kappa shape index (κ2) is 6.03. The summed E-state index contributed by atoms with van der Waals surface area (Å²) in [5.41, 5.74) is 0.293. The van der Waals surface area contributed by atoms with Crippen LogP contribution in [0.2, 0.25) is 0 Å². The van der Waals surface area contributed by atoms with Crippen LogP contribution in [-0.4, -0.2) is 41.1 Å². The second-order valence-corrected chi connectivity index (χ2v) is 6.74. The normalized spacial score (nSPS) is 27.7. The summed E-state index contributed by atoms with van der Waals surface area (Å²) in [6.45, 7) is 6.81. The largest absolute Gasteiger partial charge is 0.370 e. The minimum atomic E-state index is 0.293. The lowest BCUT2D eigenvalue weighted by Gasteiger charge is -2.30. The quantitative estimate of drug-likeness (QED) is 0.720. The fourth-order valence-corrected chi connectivity index (χ4v) is 3.80. The molecule has 0 aromatic rings. The first kappa shape index (κ1) is 13.8. The molecule has 100 valence electrons. The van der Waals surface area contributed by atoms with Crippen LogP contribution in [0.1, 0.15) is 52.4 Å². The number of ether oxygens (including phenoxy) is 1. The molecule has 2 aliphatic rings. The Labute approximate surface area is 114 Å². The Hall–Kier alpha value is 0.400. The molecule has 2 nitrogen and oxygen atoms in total. The maximum atomic E-state index is 6.38. The first-order valence-electron chi connectivity index (χ1n) is 7.13. The van der Waals surface area contributed by atoms with Crippen LogP contribution in [0.3, 0.4) is 0 Å². The molecule has 2 rings (SSSR count). The van der Waals surface area contributed by atoms with Crippen LogP contribution in [0.25, 0.3) is 0 Å². The summed E-state index contributed by atoms with van der Waals surface area (Å²) in [7, 11) is 0. The van der Waals surface area contributed by atoms with E-state index in [0.29, 0.717) is 17.7 Å². The summed E-state index contributed by atoms with van der Waals surface area (Å²) in [4.78, 5) is 2.54. The molecule has 0 aromatic heterocycles. The Morgan fingerprint density at radius 2 is 2.00 bits per heavy atom. The van der Waals surface area contributed by atoms with Crippen LogP contribution in [0.15, 0.2) is 0 Å². The van der Waals surface area contributed by atoms with Gasteiger partial charge in [-0.3, -0.25) is 4.90 Å². The van der Waals surface area contributed by atoms with Crippen molar-refractivity contribution in [2.75, 3.05) is 18.4 Å². The van der Waals surface area contributed by atoms with E-state index in [4.69, 9.17) is 4.74 Å². The molecular formula is C14H26BrNO. The topological polar surface area (TPSA) is 12.5 Å². The van der Waals surface area contributed by atoms with E-state index in [-0.39, 0.29) is 0 Å². The predicted octanol–water partition coefficient (Wildman–Crippen LogP) is 3.58. The van der Waals surface area contributed by atoms with Gasteiger partial charge in [-0.05, 0) is 39.5 Å². The minimum absolute atomic E-state index is 0.293. The molecule has 1 aliphatic carbocycles. The first-order valence-corrected chi connectivity index (χ1v) is 8.25. The molecule has 1 unspecified atom stereocenters. The number of hydrogen-bond acceptors (Lipinski definition) is 2. The first-order chi connectivity index (χ1) is 8.15. The molecule has 0 aromatic carbocycles. The molecule has 0 radical (unpaired) electrons. The third kappa shape index (κ3) is 3.45. The van der Waals surface area contributed by atoms with Gasteiger partial charge in [-0.25, -0.2) is 0 Å². The number of alkyl halides is 1. The molecule has 1 spiro atoms. The van der Waals surface area contributed by atoms with Crippen LogP contribution in [0.5, 0.6) is 0 Å². The van der Waals surface area contributed by atoms with Crippen molar-refractivity contribution >= 4 is 15.9 Å². The van der Waals surface area contributed by atoms with Crippen molar-refractivity contribution in [3.05, 3.63) is 0 Å². The van der Waals surface area contributed by atoms with Gasteiger partial charge in [0.2, 0.25) is 0 Å². The molecule has 17 heavy (non-hydrogen) atoms. The van der Waals surface area contributed by atoms with E-state index >= 15 is 0 Å². The molecule has 1 aliphatic heterocycles. The van der Waals surface area contributed by atoms with Crippen LogP contribution >= 0.6 is 15.9 Å². The smallest absolute Gasteiger partial charge is 0.0710 e. The molecule has 0 amide bonds. The molecule has 1 heterocycles. The van der Waals surface area contributed by atoms with Gasteiger partial charge in [-0.15, -0.1) is 0 Å². The van der Waals surface area contributed by atoms with Crippen molar-refractivity contribution in [2.45, 2.75) is 70.1 Å². The molecule has 1 saturated heterocycles. The van der Waals surface area contributed by atoms with E-state index in [1.165, 1.54) is 38.5 Å². The summed E-state index contributed by atoms with van der Waals surface area (Å²) in [5.74, 6) is 0. The van der Waals surface area contributed by atoms with Crippen molar-refractivity contribution in [2.24, 2.45) is 0 Å². The summed E-state index contributed by atoms with van der Waals surface area (Å²) in [6.07, 6.45) is 8.43. The molecule has 0 bridgehead atoms. The van der Waals surface area contributed by atoms with Crippen molar-refractivity contribution < 1.29 is 4.74 Å². The number of hydrogen-bond donors (Lipinski definition) is 0. The molecule has 1 atom stereocenters. The van der Waals surface area contributed by atoms with Crippen LogP contribution in [0.4, 0.5) is 0 Å². The van der Waals surface area contributed by atoms with Gasteiger partial charge < -0.3 is 4.74 Å². The van der Waals surface area contributed by atoms with E-state index in [9.17, 15) is 0 Å². The van der Waals surface area contributed by atoms with Crippen molar-refractivity contribution in [1.29, 1.82) is 0 Å². The minimum Gasteiger partial charge on any atom is -0.370 e. The lowest BCUT2D eigenvalue weighted by Crippen LogP contribution is -2.39. The van der Waals surface area contributed by atoms with E-state index in [0.717, 1.165) is 18.4 Å². The highest BCUT2D eigenvalue weighted by atomic mass is 79.9. The van der Waals surface area contributed by atoms with E-state index in [2.05, 4.69) is 34.7 Å². The highest BCUT2D eigenvalue weighted by molar-refractivity contribution is 9.09. The third-order valence-corrected chi connectivity index (χ3v) is 4.75. The van der Waals surface area contributed by atoms with Gasteiger partial charge in [0.25, 0.3) is 0 Å². The van der Waals surface area contributed by atoms with Gasteiger partial charge >= 0.3 is 0 Å². The van der Waals surface area contributed by atoms with Gasteiger partial charge in [-0.1, -0.05) is 28.8 Å².